The number of ether oxygens (including phenoxy) is 3. The molecule has 2 unspecified atom stereocenters. The van der Waals surface area contributed by atoms with Gasteiger partial charge >= 0.3 is 11.9 Å². The summed E-state index contributed by atoms with van der Waals surface area (Å²) in [4.78, 5) is 25.8. The quantitative estimate of drug-likeness (QED) is 0.0443. The number of carboxylic acids is 2. The molecule has 0 radical (unpaired) electrons. The third-order valence-electron chi connectivity index (χ3n) is 9.54. The fraction of sp³-hybridized carbons (Fsp3) is 0.289. The second kappa shape index (κ2) is 21.7. The average Bonchev–Trinajstić information content (AvgIpc) is 3.20. The summed E-state index contributed by atoms with van der Waals surface area (Å²) in [5.41, 5.74) is 8.92. The molecule has 5 rings (SSSR count). The predicted molar refractivity (Wildman–Crippen MR) is 221 cm³/mol. The van der Waals surface area contributed by atoms with Gasteiger partial charge in [0.2, 0.25) is 0 Å². The van der Waals surface area contributed by atoms with Crippen LogP contribution in [0.2, 0.25) is 5.02 Å². The molecule has 2 atom stereocenters. The maximum absolute atomic E-state index is 11.0. The number of aliphatic hydroxyl groups excluding tert-OH is 2. The fourth-order valence-corrected chi connectivity index (χ4v) is 6.58. The Balaban J connectivity index is 1.26. The van der Waals surface area contributed by atoms with Crippen molar-refractivity contribution >= 4 is 23.5 Å². The van der Waals surface area contributed by atoms with Crippen molar-refractivity contribution in [2.24, 2.45) is 0 Å². The van der Waals surface area contributed by atoms with E-state index < -0.39 is 30.6 Å². The van der Waals surface area contributed by atoms with Gasteiger partial charge in [0.05, 0.1) is 35.6 Å². The lowest BCUT2D eigenvalue weighted by atomic mass is 9.92. The molecule has 0 saturated carbocycles. The highest BCUT2D eigenvalue weighted by Crippen LogP contribution is 2.36. The number of rotatable bonds is 22. The summed E-state index contributed by atoms with van der Waals surface area (Å²) < 4.78 is 18.6. The smallest absolute Gasteiger partial charge is 0.306 e. The van der Waals surface area contributed by atoms with Gasteiger partial charge < -0.3 is 45.3 Å². The molecule has 0 bridgehead atoms. The Morgan fingerprint density at radius 1 is 0.712 bits per heavy atom. The van der Waals surface area contributed by atoms with Crippen LogP contribution < -0.4 is 24.8 Å². The Morgan fingerprint density at radius 3 is 1.88 bits per heavy atom. The molecule has 13 nitrogen and oxygen atoms in total. The first-order valence-electron chi connectivity index (χ1n) is 18.9. The van der Waals surface area contributed by atoms with Crippen LogP contribution in [0.3, 0.4) is 0 Å². The van der Waals surface area contributed by atoms with Gasteiger partial charge in [-0.1, -0.05) is 60.1 Å². The van der Waals surface area contributed by atoms with Gasteiger partial charge in [0.1, 0.15) is 43.1 Å². The summed E-state index contributed by atoms with van der Waals surface area (Å²) in [7, 11) is 0. The number of nitrogens with one attached hydrogen (secondary N) is 2. The number of nitrogens with zero attached hydrogens (tertiary/aromatic N) is 2. The van der Waals surface area contributed by atoms with Crippen molar-refractivity contribution in [3.63, 3.8) is 0 Å². The lowest BCUT2D eigenvalue weighted by Crippen LogP contribution is -2.28. The largest absolute Gasteiger partial charge is 0.489 e. The standard InChI is InChI=1S/C45H47ClN4O9/c1-28-33(26-57-38-11-9-30(10-12-38)19-49-23-36(51)15-44(53)54)5-3-7-39(28)40-8-4-6-34(29(40)2)27-59-43-17-42(58-25-32-13-31(18-47)20-48-21-32)35(14-41(43)46)22-50-24-37(52)16-45(55)56/h3-14,17,20-21,36-37,49-52H,15-16,19,22-27H2,1-2H3,(H,53,54)(H,55,56). The summed E-state index contributed by atoms with van der Waals surface area (Å²) in [6, 6.07) is 27.0. The number of hydrogen-bond donors (Lipinski definition) is 6. The maximum Gasteiger partial charge on any atom is 0.306 e. The van der Waals surface area contributed by atoms with Crippen molar-refractivity contribution in [1.29, 1.82) is 5.26 Å². The lowest BCUT2D eigenvalue weighted by Gasteiger charge is -2.18. The van der Waals surface area contributed by atoms with Gasteiger partial charge in [-0.3, -0.25) is 14.6 Å². The number of aromatic nitrogens is 1. The van der Waals surface area contributed by atoms with Gasteiger partial charge in [-0.2, -0.15) is 5.26 Å². The number of nitriles is 1. The summed E-state index contributed by atoms with van der Waals surface area (Å²) in [6.45, 7) is 5.73. The van der Waals surface area contributed by atoms with Gasteiger partial charge in [-0.25, -0.2) is 0 Å². The Morgan fingerprint density at radius 2 is 1.29 bits per heavy atom. The minimum Gasteiger partial charge on any atom is -0.489 e. The second-order valence-electron chi connectivity index (χ2n) is 14.0. The van der Waals surface area contributed by atoms with Crippen LogP contribution in [0.4, 0.5) is 0 Å². The molecule has 4 aromatic carbocycles. The van der Waals surface area contributed by atoms with E-state index >= 15 is 0 Å². The normalized spacial score (nSPS) is 12.0. The molecule has 0 amide bonds. The number of pyridine rings is 1. The van der Waals surface area contributed by atoms with Crippen molar-refractivity contribution in [3.8, 4) is 34.4 Å². The summed E-state index contributed by atoms with van der Waals surface area (Å²) in [5.74, 6) is -0.597. The molecule has 0 aliphatic heterocycles. The minimum atomic E-state index is -1.10. The molecule has 14 heteroatoms. The molecule has 59 heavy (non-hydrogen) atoms. The number of carboxylic acid groups (broad SMARTS) is 2. The van der Waals surface area contributed by atoms with Crippen LogP contribution in [-0.2, 0) is 42.5 Å². The van der Waals surface area contributed by atoms with E-state index in [0.29, 0.717) is 52.1 Å². The Labute approximate surface area is 347 Å². The number of benzene rings is 4. The first-order valence-corrected chi connectivity index (χ1v) is 19.3. The van der Waals surface area contributed by atoms with E-state index in [-0.39, 0.29) is 39.3 Å². The van der Waals surface area contributed by atoms with E-state index in [9.17, 15) is 25.1 Å². The van der Waals surface area contributed by atoms with Gasteiger partial charge in [0, 0.05) is 55.8 Å². The Kier molecular flexibility index (Phi) is 16.2. The van der Waals surface area contributed by atoms with Gasteiger partial charge in [-0.05, 0) is 77.1 Å². The number of hydrogen-bond acceptors (Lipinski definition) is 11. The second-order valence-corrected chi connectivity index (χ2v) is 14.4. The molecule has 6 N–H and O–H groups in total. The van der Waals surface area contributed by atoms with Gasteiger partial charge in [0.25, 0.3) is 0 Å². The zero-order chi connectivity index (χ0) is 42.3. The third kappa shape index (κ3) is 13.3. The lowest BCUT2D eigenvalue weighted by molar-refractivity contribution is -0.140. The van der Waals surface area contributed by atoms with Crippen LogP contribution in [-0.4, -0.2) is 62.6 Å². The number of aliphatic carboxylic acids is 2. The molecule has 1 aromatic heterocycles. The first kappa shape index (κ1) is 44.1. The highest BCUT2D eigenvalue weighted by Gasteiger charge is 2.17. The van der Waals surface area contributed by atoms with E-state index in [2.05, 4.69) is 40.7 Å². The van der Waals surface area contributed by atoms with Crippen molar-refractivity contribution in [2.45, 2.75) is 71.8 Å². The molecule has 308 valence electrons. The Bertz CT molecular complexity index is 2260. The van der Waals surface area contributed by atoms with Crippen LogP contribution in [0.15, 0.2) is 91.3 Å². The van der Waals surface area contributed by atoms with Crippen LogP contribution in [0.5, 0.6) is 17.2 Å². The molecule has 0 saturated heterocycles. The fourth-order valence-electron chi connectivity index (χ4n) is 6.34. The molecule has 0 spiro atoms. The van der Waals surface area contributed by atoms with E-state index in [1.54, 1.807) is 24.4 Å². The van der Waals surface area contributed by atoms with Crippen LogP contribution >= 0.6 is 11.6 Å². The topological polar surface area (TPSA) is 203 Å². The number of aliphatic hydroxyl groups is 2. The minimum absolute atomic E-state index is 0.0428. The van der Waals surface area contributed by atoms with E-state index in [4.69, 9.17) is 36.0 Å². The average molecular weight is 823 g/mol. The van der Waals surface area contributed by atoms with Crippen LogP contribution in [0.1, 0.15) is 57.3 Å². The maximum atomic E-state index is 11.0. The molecule has 0 fully saturated rings. The van der Waals surface area contributed by atoms with Crippen LogP contribution in [0.25, 0.3) is 11.1 Å². The number of carbonyl (C=O) groups is 2. The van der Waals surface area contributed by atoms with Crippen molar-refractivity contribution in [3.05, 3.63) is 141 Å². The molecule has 0 aliphatic rings. The molecule has 1 heterocycles. The molecule has 0 aliphatic carbocycles. The van der Waals surface area contributed by atoms with Crippen molar-refractivity contribution in [1.82, 2.24) is 15.6 Å². The van der Waals surface area contributed by atoms with E-state index in [1.165, 1.54) is 6.20 Å². The zero-order valence-corrected chi connectivity index (χ0v) is 33.5. The summed E-state index contributed by atoms with van der Waals surface area (Å²) >= 11 is 6.74. The van der Waals surface area contributed by atoms with Gasteiger partial charge in [0.15, 0.2) is 0 Å². The SMILES string of the molecule is Cc1c(COc2ccc(CNCC(O)CC(=O)O)cc2)cccc1-c1cccc(COc2cc(OCc3cncc(C#N)c3)c(CNCC(O)CC(=O)O)cc2Cl)c1C. The molecular formula is C45H47ClN4O9. The monoisotopic (exact) mass is 822 g/mol. The van der Waals surface area contributed by atoms with Crippen LogP contribution in [0, 0.1) is 25.2 Å². The van der Waals surface area contributed by atoms with Crippen molar-refractivity contribution in [2.75, 3.05) is 13.1 Å². The number of halogens is 1. The molecular weight excluding hydrogens is 776 g/mol. The van der Waals surface area contributed by atoms with E-state index in [1.807, 2.05) is 55.5 Å². The van der Waals surface area contributed by atoms with Gasteiger partial charge in [-0.15, -0.1) is 0 Å². The highest BCUT2D eigenvalue weighted by atomic mass is 35.5. The summed E-state index contributed by atoms with van der Waals surface area (Å²) in [6.07, 6.45) is 0.352. The first-order chi connectivity index (χ1) is 28.4. The zero-order valence-electron chi connectivity index (χ0n) is 32.8. The Hall–Kier alpha value is -6.01. The predicted octanol–water partition coefficient (Wildman–Crippen LogP) is 6.48. The highest BCUT2D eigenvalue weighted by molar-refractivity contribution is 6.32. The molecule has 5 aromatic rings. The van der Waals surface area contributed by atoms with Crippen molar-refractivity contribution < 1.29 is 44.2 Å². The third-order valence-corrected chi connectivity index (χ3v) is 9.84. The van der Waals surface area contributed by atoms with E-state index in [0.717, 1.165) is 38.9 Å². The summed E-state index contributed by atoms with van der Waals surface area (Å²) in [5, 5.41) is 53.3.